The van der Waals surface area contributed by atoms with Gasteiger partial charge in [0.2, 0.25) is 17.7 Å². The molecule has 4 N–H and O–H groups in total. The molecule has 0 bridgehead atoms. The maximum absolute atomic E-state index is 13.6. The Morgan fingerprint density at radius 1 is 1.04 bits per heavy atom. The van der Waals surface area contributed by atoms with Crippen molar-refractivity contribution >= 4 is 23.5 Å². The van der Waals surface area contributed by atoms with Gasteiger partial charge in [0.15, 0.2) is 5.82 Å². The largest absolute Gasteiger partial charge is 0.497 e. The van der Waals surface area contributed by atoms with Gasteiger partial charge in [0.25, 0.3) is 0 Å². The van der Waals surface area contributed by atoms with Crippen LogP contribution in [0.15, 0.2) is 67.1 Å². The van der Waals surface area contributed by atoms with E-state index < -0.39 is 23.0 Å². The van der Waals surface area contributed by atoms with E-state index >= 15 is 0 Å². The summed E-state index contributed by atoms with van der Waals surface area (Å²) in [6.07, 6.45) is 7.48. The van der Waals surface area contributed by atoms with E-state index in [2.05, 4.69) is 22.5 Å². The first-order chi connectivity index (χ1) is 21.4. The molecular weight excluding hydrogens is 568 g/mol. The third-order valence-corrected chi connectivity index (χ3v) is 8.76. The summed E-state index contributed by atoms with van der Waals surface area (Å²) in [6.45, 7) is 8.94. The molecule has 1 aliphatic heterocycles. The number of anilines is 1. The Hall–Kier alpha value is -4.18. The van der Waals surface area contributed by atoms with E-state index in [1.807, 2.05) is 71.0 Å². The van der Waals surface area contributed by atoms with E-state index in [4.69, 9.17) is 10.5 Å². The van der Waals surface area contributed by atoms with Gasteiger partial charge in [-0.05, 0) is 82.1 Å². The fourth-order valence-electron chi connectivity index (χ4n) is 5.60. The zero-order valence-corrected chi connectivity index (χ0v) is 27.2. The number of aryl methyl sites for hydroxylation is 1. The van der Waals surface area contributed by atoms with E-state index in [1.165, 1.54) is 0 Å². The second-order valence-electron chi connectivity index (χ2n) is 13.0. The minimum absolute atomic E-state index is 0.0742. The van der Waals surface area contributed by atoms with Crippen molar-refractivity contribution in [2.75, 3.05) is 25.5 Å². The van der Waals surface area contributed by atoms with Crippen LogP contribution in [0.25, 0.3) is 0 Å². The molecule has 4 rings (SSSR count). The summed E-state index contributed by atoms with van der Waals surface area (Å²) in [4.78, 5) is 46.3. The van der Waals surface area contributed by atoms with Crippen LogP contribution in [0.3, 0.4) is 0 Å². The Balaban J connectivity index is 1.53. The highest BCUT2D eigenvalue weighted by Crippen LogP contribution is 2.33. The number of nitrogens with two attached hydrogens (primary N) is 1. The number of benzene rings is 2. The molecule has 0 aliphatic carbocycles. The molecule has 1 unspecified atom stereocenters. The molecule has 1 aromatic heterocycles. The van der Waals surface area contributed by atoms with Gasteiger partial charge in [0.05, 0.1) is 30.9 Å². The number of nitrogens with zero attached hydrogens (tertiary/aromatic N) is 3. The molecule has 0 radical (unpaired) electrons. The second-order valence-corrected chi connectivity index (χ2v) is 13.0. The average Bonchev–Trinajstić information content (AvgIpc) is 3.50. The summed E-state index contributed by atoms with van der Waals surface area (Å²) in [5, 5.41) is 5.72. The Morgan fingerprint density at radius 3 is 2.33 bits per heavy atom. The van der Waals surface area contributed by atoms with Crippen molar-refractivity contribution in [3.63, 3.8) is 0 Å². The number of carbonyl (C=O) groups excluding carboxylic acids is 3. The fourth-order valence-corrected chi connectivity index (χ4v) is 5.60. The molecule has 0 spiro atoms. The lowest BCUT2D eigenvalue weighted by atomic mass is 9.87. The molecule has 1 aliphatic rings. The molecule has 45 heavy (non-hydrogen) atoms. The Kier molecular flexibility index (Phi) is 11.0. The summed E-state index contributed by atoms with van der Waals surface area (Å²) < 4.78 is 7.24. The third-order valence-electron chi connectivity index (χ3n) is 8.76. The number of hydrogen-bond acceptors (Lipinski definition) is 6. The van der Waals surface area contributed by atoms with Crippen LogP contribution in [-0.2, 0) is 26.3 Å². The van der Waals surface area contributed by atoms with Crippen LogP contribution in [-0.4, -0.2) is 64.0 Å². The predicted molar refractivity (Wildman–Crippen MR) is 176 cm³/mol. The maximum Gasteiger partial charge on any atom is 0.248 e. The van der Waals surface area contributed by atoms with E-state index in [9.17, 15) is 14.4 Å². The van der Waals surface area contributed by atoms with Gasteiger partial charge in [-0.1, -0.05) is 49.4 Å². The smallest absolute Gasteiger partial charge is 0.248 e. The maximum atomic E-state index is 13.6. The lowest BCUT2D eigenvalue weighted by molar-refractivity contribution is -0.134. The number of amides is 3. The summed E-state index contributed by atoms with van der Waals surface area (Å²) in [7, 11) is 1.62. The Labute approximate surface area is 266 Å². The lowest BCUT2D eigenvalue weighted by Crippen LogP contribution is -2.54. The van der Waals surface area contributed by atoms with Crippen molar-refractivity contribution in [2.45, 2.75) is 83.3 Å². The van der Waals surface area contributed by atoms with Crippen LogP contribution in [0.4, 0.5) is 5.82 Å². The molecule has 3 amide bonds. The van der Waals surface area contributed by atoms with Crippen LogP contribution < -0.4 is 21.1 Å². The van der Waals surface area contributed by atoms with Crippen molar-refractivity contribution < 1.29 is 19.1 Å². The first-order valence-corrected chi connectivity index (χ1v) is 15.8. The van der Waals surface area contributed by atoms with Crippen LogP contribution in [0.2, 0.25) is 0 Å². The number of piperidine rings is 1. The highest BCUT2D eigenvalue weighted by Gasteiger charge is 2.35. The van der Waals surface area contributed by atoms with Gasteiger partial charge in [0.1, 0.15) is 11.8 Å². The summed E-state index contributed by atoms with van der Waals surface area (Å²) in [6, 6.07) is 16.9. The molecule has 2 heterocycles. The molecule has 2 aromatic carbocycles. The van der Waals surface area contributed by atoms with Gasteiger partial charge in [-0.15, -0.1) is 0 Å². The number of carbonyl (C=O) groups is 3. The normalized spacial score (nSPS) is 16.0. The second kappa shape index (κ2) is 14.7. The minimum Gasteiger partial charge on any atom is -0.497 e. The first kappa shape index (κ1) is 33.7. The fraction of sp³-hybridized carbons (Fsp3) is 0.486. The number of imidazole rings is 1. The van der Waals surface area contributed by atoms with Crippen LogP contribution in [0, 0.1) is 5.92 Å². The SMILES string of the molecule is COc1ccc(C(C)(CC(=O)N2CCC(C)CC2)n2cnc(NC(=O)[C@@H](CCCc3ccccc3)NC(=O)C(C)(C)N)c2)cc1. The van der Waals surface area contributed by atoms with Gasteiger partial charge >= 0.3 is 0 Å². The average molecular weight is 617 g/mol. The molecule has 10 heteroatoms. The summed E-state index contributed by atoms with van der Waals surface area (Å²) in [5.41, 5.74) is 6.17. The van der Waals surface area contributed by atoms with Crippen LogP contribution >= 0.6 is 0 Å². The van der Waals surface area contributed by atoms with Crippen LogP contribution in [0.5, 0.6) is 5.75 Å². The van der Waals surface area contributed by atoms with Crippen molar-refractivity contribution in [2.24, 2.45) is 11.7 Å². The topological polar surface area (TPSA) is 132 Å². The van der Waals surface area contributed by atoms with E-state index in [1.54, 1.807) is 33.5 Å². The van der Waals surface area contributed by atoms with Crippen molar-refractivity contribution in [3.05, 3.63) is 78.2 Å². The zero-order valence-electron chi connectivity index (χ0n) is 27.2. The first-order valence-electron chi connectivity index (χ1n) is 15.8. The number of rotatable bonds is 13. The molecule has 10 nitrogen and oxygen atoms in total. The Morgan fingerprint density at radius 2 is 1.71 bits per heavy atom. The predicted octanol–water partition coefficient (Wildman–Crippen LogP) is 4.49. The number of hydrogen-bond donors (Lipinski definition) is 3. The summed E-state index contributed by atoms with van der Waals surface area (Å²) in [5.74, 6) is 0.946. The quantitative estimate of drug-likeness (QED) is 0.259. The number of aromatic nitrogens is 2. The lowest BCUT2D eigenvalue weighted by Gasteiger charge is -2.36. The molecule has 2 atom stereocenters. The number of likely N-dealkylation sites (tertiary alicyclic amines) is 1. The van der Waals surface area contributed by atoms with Crippen molar-refractivity contribution in [1.29, 1.82) is 0 Å². The van der Waals surface area contributed by atoms with Gasteiger partial charge in [-0.25, -0.2) is 4.98 Å². The highest BCUT2D eigenvalue weighted by molar-refractivity contribution is 5.97. The molecular formula is C35H48N6O4. The van der Waals surface area contributed by atoms with Gasteiger partial charge in [-0.3, -0.25) is 14.4 Å². The highest BCUT2D eigenvalue weighted by atomic mass is 16.5. The van der Waals surface area contributed by atoms with Gasteiger partial charge < -0.3 is 30.6 Å². The standard InChI is InChI=1S/C35H48N6O4/c1-25-18-20-40(21-19-25)31(42)22-35(4,27-14-16-28(45-5)17-15-27)41-23-30(37-24-41)39-32(43)29(38-33(44)34(2,3)36)13-9-12-26-10-7-6-8-11-26/h6-8,10-11,14-17,23-25,29H,9,12-13,18-22,36H2,1-5H3,(H,38,44)(H,39,43)/t29-,35?/m1/s1. The number of nitrogens with one attached hydrogen (secondary N) is 2. The molecule has 0 saturated carbocycles. The number of methoxy groups -OCH3 is 1. The van der Waals surface area contributed by atoms with Crippen molar-refractivity contribution in [3.8, 4) is 5.75 Å². The molecule has 1 fully saturated rings. The summed E-state index contributed by atoms with van der Waals surface area (Å²) >= 11 is 0. The number of ether oxygens (including phenoxy) is 1. The van der Waals surface area contributed by atoms with Crippen LogP contribution in [0.1, 0.15) is 70.9 Å². The van der Waals surface area contributed by atoms with E-state index in [-0.39, 0.29) is 18.2 Å². The molecule has 3 aromatic rings. The van der Waals surface area contributed by atoms with Gasteiger partial charge in [-0.2, -0.15) is 0 Å². The molecule has 242 valence electrons. The monoisotopic (exact) mass is 616 g/mol. The van der Waals surface area contributed by atoms with E-state index in [0.717, 1.165) is 49.2 Å². The third kappa shape index (κ3) is 8.94. The Bertz CT molecular complexity index is 1420. The molecule has 1 saturated heterocycles. The minimum atomic E-state index is -1.14. The zero-order chi connectivity index (χ0) is 32.6. The van der Waals surface area contributed by atoms with Crippen molar-refractivity contribution in [1.82, 2.24) is 19.8 Å². The van der Waals surface area contributed by atoms with E-state index in [0.29, 0.717) is 24.6 Å². The van der Waals surface area contributed by atoms with Gasteiger partial charge in [0, 0.05) is 19.3 Å².